The molecule has 0 amide bonds. The molecule has 0 spiro atoms. The number of carboxylic acid groups (broad SMARTS) is 1. The first-order valence-corrected chi connectivity index (χ1v) is 13.3. The van der Waals surface area contributed by atoms with E-state index in [1.807, 2.05) is 27.8 Å². The fraction of sp³-hybridized carbons (Fsp3) is 0.864. The van der Waals surface area contributed by atoms with Crippen molar-refractivity contribution >= 4 is 5.97 Å². The second kappa shape index (κ2) is 25.9. The third-order valence-corrected chi connectivity index (χ3v) is 6.49. The Morgan fingerprint density at radius 3 is 2.30 bits per heavy atom. The van der Waals surface area contributed by atoms with Crippen molar-refractivity contribution in [3.8, 4) is 0 Å². The average Bonchev–Trinajstić information content (AvgIpc) is 2.87. The molecule has 216 valence electrons. The summed E-state index contributed by atoms with van der Waals surface area (Å²) in [5, 5.41) is 51.3. The first-order valence-electron chi connectivity index (χ1n) is 13.3. The maximum absolute atomic E-state index is 10.9. The van der Waals surface area contributed by atoms with Crippen molar-refractivity contribution in [3.05, 3.63) is 13.1 Å². The number of aliphatic carboxylic acids is 1. The van der Waals surface area contributed by atoms with Gasteiger partial charge < -0.3 is 47.8 Å². The van der Waals surface area contributed by atoms with Crippen LogP contribution in [0.2, 0.25) is 0 Å². The minimum atomic E-state index is -1.14. The minimum Gasteiger partial charge on any atom is -0.549 e. The van der Waals surface area contributed by atoms with E-state index < -0.39 is 5.97 Å². The Morgan fingerprint density at radius 1 is 0.925 bits per heavy atom. The van der Waals surface area contributed by atoms with Gasteiger partial charge in [0, 0.05) is 32.5 Å². The van der Waals surface area contributed by atoms with Crippen LogP contribution in [0.25, 0.3) is 0 Å². The summed E-state index contributed by atoms with van der Waals surface area (Å²) < 4.78 is 0. The van der Waals surface area contributed by atoms with Gasteiger partial charge in [0.2, 0.25) is 0 Å². The molecule has 2 saturated heterocycles. The molecular formula is C22H48K3N13O2. The van der Waals surface area contributed by atoms with Gasteiger partial charge in [0.25, 0.3) is 0 Å². The third-order valence-electron chi connectivity index (χ3n) is 6.49. The maximum atomic E-state index is 10.9. The van der Waals surface area contributed by atoms with Crippen molar-refractivity contribution in [1.82, 2.24) is 68.7 Å². The van der Waals surface area contributed by atoms with Crippen LogP contribution in [0.5, 0.6) is 0 Å². The Morgan fingerprint density at radius 2 is 1.65 bits per heavy atom. The molecule has 7 unspecified atom stereocenters. The van der Waals surface area contributed by atoms with Crippen LogP contribution in [0.1, 0.15) is 25.7 Å². The number of carbonyl (C=O) groups excluding carboxylic acids is 1. The van der Waals surface area contributed by atoms with Gasteiger partial charge in [-0.15, -0.1) is 6.04 Å². The molecule has 2 aliphatic heterocycles. The number of likely N-dealkylation sites (N-methyl/N-ethyl adjacent to an activating group) is 1. The smallest absolute Gasteiger partial charge is 0.549 e. The van der Waals surface area contributed by atoms with Crippen LogP contribution >= 0.6 is 0 Å². The first-order chi connectivity index (χ1) is 17.9. The van der Waals surface area contributed by atoms with E-state index in [0.717, 1.165) is 52.0 Å². The zero-order valence-corrected chi connectivity index (χ0v) is 34.7. The summed E-state index contributed by atoms with van der Waals surface area (Å²) in [4.78, 5) is 13.0. The van der Waals surface area contributed by atoms with Crippen molar-refractivity contribution in [3.63, 3.8) is 0 Å². The number of carbonyl (C=O) groups is 1. The van der Waals surface area contributed by atoms with Crippen LogP contribution < -0.4 is 223 Å². The van der Waals surface area contributed by atoms with Crippen LogP contribution in [-0.2, 0) is 4.79 Å². The summed E-state index contributed by atoms with van der Waals surface area (Å²) in [6.45, 7) is 5.06. The monoisotopic (exact) mass is 643 g/mol. The maximum Gasteiger partial charge on any atom is 1.00 e. The van der Waals surface area contributed by atoms with Gasteiger partial charge in [-0.05, 0) is 46.6 Å². The SMILES string of the molecule is CNCNCCC1N[CH-]NC(NC2[CH-]CC(NC3NC(NCCN(C)C)NC(NCC(=O)[O-])N3)CC2)N1.[K+].[K+].[K+]. The number of carboxylic acids is 1. The Bertz CT molecular complexity index is 653. The average molecular weight is 644 g/mol. The topological polar surface area (TPSA) is 188 Å². The van der Waals surface area contributed by atoms with Gasteiger partial charge in [0.05, 0.1) is 12.3 Å². The molecule has 3 aliphatic rings. The van der Waals surface area contributed by atoms with Gasteiger partial charge in [-0.25, -0.2) is 6.67 Å². The van der Waals surface area contributed by atoms with Crippen LogP contribution in [0.4, 0.5) is 0 Å². The van der Waals surface area contributed by atoms with Crippen molar-refractivity contribution in [2.45, 2.75) is 69.1 Å². The van der Waals surface area contributed by atoms with Crippen LogP contribution in [0, 0.1) is 13.1 Å². The van der Waals surface area contributed by atoms with E-state index in [1.165, 1.54) is 0 Å². The molecule has 1 aliphatic carbocycles. The van der Waals surface area contributed by atoms with E-state index in [9.17, 15) is 9.90 Å². The van der Waals surface area contributed by atoms with Crippen molar-refractivity contribution in [1.29, 1.82) is 0 Å². The van der Waals surface area contributed by atoms with Gasteiger partial charge in [-0.1, -0.05) is 6.42 Å². The number of hydrogen-bond donors (Lipinski definition) is 12. The summed E-state index contributed by atoms with van der Waals surface area (Å²) >= 11 is 0. The Hall–Kier alpha value is 3.86. The van der Waals surface area contributed by atoms with Crippen LogP contribution in [0.15, 0.2) is 0 Å². The molecule has 0 radical (unpaired) electrons. The van der Waals surface area contributed by atoms with E-state index >= 15 is 0 Å². The number of nitrogens with zero attached hydrogens (tertiary/aromatic N) is 1. The largest absolute Gasteiger partial charge is 1.00 e. The normalized spacial score (nSPS) is 30.6. The Labute approximate surface area is 367 Å². The zero-order valence-electron chi connectivity index (χ0n) is 25.3. The Balaban J connectivity index is 0.00000507. The standard InChI is InChI=1S/C22H49N13O2.3K/c1-23-13-24-9-8-17-27-14-28-21(31-17)29-15-4-6-16(7-5-15)30-22-33-19(25-10-11-35(2)3)32-20(34-22)26-12-18(36)37;;;/h4,14-17,19-34H,5-13H2,1-3H3,(H,36,37);;;/q-2;3*+1/p-1. The molecule has 0 aromatic heterocycles. The fourth-order valence-corrected chi connectivity index (χ4v) is 4.54. The third kappa shape index (κ3) is 18.9. The van der Waals surface area contributed by atoms with Crippen molar-refractivity contribution in [2.75, 3.05) is 54.0 Å². The van der Waals surface area contributed by atoms with E-state index in [1.54, 1.807) is 0 Å². The zero-order chi connectivity index (χ0) is 26.5. The van der Waals surface area contributed by atoms with Crippen LogP contribution in [0.3, 0.4) is 0 Å². The molecule has 3 fully saturated rings. The number of rotatable bonds is 16. The Kier molecular flexibility index (Phi) is 28.4. The van der Waals surface area contributed by atoms with Crippen LogP contribution in [-0.4, -0.2) is 108 Å². The first kappa shape index (κ1) is 43.9. The molecule has 1 saturated carbocycles. The number of nitrogens with one attached hydrogen (secondary N) is 12. The summed E-state index contributed by atoms with van der Waals surface area (Å²) in [6.07, 6.45) is 5.71. The predicted molar refractivity (Wildman–Crippen MR) is 140 cm³/mol. The van der Waals surface area contributed by atoms with Gasteiger partial charge in [0.15, 0.2) is 0 Å². The second-order valence-electron chi connectivity index (χ2n) is 9.94. The summed E-state index contributed by atoms with van der Waals surface area (Å²) in [5.74, 6) is -1.14. The fourth-order valence-electron chi connectivity index (χ4n) is 4.54. The summed E-state index contributed by atoms with van der Waals surface area (Å²) in [6, 6.07) is 0.612. The molecule has 3 rings (SSSR count). The molecular weight excluding hydrogens is 596 g/mol. The molecule has 18 heteroatoms. The molecule has 12 N–H and O–H groups in total. The molecule has 40 heavy (non-hydrogen) atoms. The molecule has 0 bridgehead atoms. The molecule has 0 aromatic rings. The molecule has 2 heterocycles. The van der Waals surface area contributed by atoms with E-state index in [0.29, 0.717) is 12.1 Å². The molecule has 0 aromatic carbocycles. The predicted octanol–water partition coefficient (Wildman–Crippen LogP) is -14.9. The van der Waals surface area contributed by atoms with E-state index in [2.05, 4.69) is 75.1 Å². The molecule has 7 atom stereocenters. The second-order valence-corrected chi connectivity index (χ2v) is 9.94. The van der Waals surface area contributed by atoms with E-state index in [4.69, 9.17) is 0 Å². The van der Waals surface area contributed by atoms with Gasteiger partial charge >= 0.3 is 154 Å². The summed E-state index contributed by atoms with van der Waals surface area (Å²) in [7, 11) is 5.98. The van der Waals surface area contributed by atoms with Gasteiger partial charge in [0.1, 0.15) is 18.9 Å². The summed E-state index contributed by atoms with van der Waals surface area (Å²) in [5.41, 5.74) is 0. The quantitative estimate of drug-likeness (QED) is 0.0329. The van der Waals surface area contributed by atoms with Gasteiger partial charge in [-0.3, -0.25) is 37.2 Å². The minimum absolute atomic E-state index is 0. The van der Waals surface area contributed by atoms with Gasteiger partial charge in [-0.2, -0.15) is 6.42 Å². The van der Waals surface area contributed by atoms with E-state index in [-0.39, 0.29) is 192 Å². The van der Waals surface area contributed by atoms with Crippen molar-refractivity contribution < 1.29 is 164 Å². The van der Waals surface area contributed by atoms with Crippen molar-refractivity contribution in [2.24, 2.45) is 0 Å². The number of hydrogen-bond acceptors (Lipinski definition) is 15. The molecule has 15 nitrogen and oxygen atoms in total.